The minimum atomic E-state index is 0.113. The minimum Gasteiger partial charge on any atom is -0.375 e. The minimum absolute atomic E-state index is 0.113. The summed E-state index contributed by atoms with van der Waals surface area (Å²) in [5.41, 5.74) is 0. The highest BCUT2D eigenvalue weighted by Crippen LogP contribution is 2.15. The Morgan fingerprint density at radius 3 is 2.81 bits per heavy atom. The number of carbonyl (C=O) groups excluding carboxylic acids is 1. The third-order valence-corrected chi connectivity index (χ3v) is 2.94. The maximum atomic E-state index is 11.9. The number of nitrogens with zero attached hydrogens (tertiary/aromatic N) is 1. The van der Waals surface area contributed by atoms with E-state index < -0.39 is 0 Å². The van der Waals surface area contributed by atoms with E-state index in [1.54, 1.807) is 7.11 Å². The van der Waals surface area contributed by atoms with Crippen LogP contribution in [0.15, 0.2) is 0 Å². The molecule has 1 fully saturated rings. The zero-order valence-corrected chi connectivity index (χ0v) is 10.8. The molecule has 0 radical (unpaired) electrons. The van der Waals surface area contributed by atoms with Gasteiger partial charge in [0.25, 0.3) is 0 Å². The van der Waals surface area contributed by atoms with Gasteiger partial charge in [0.1, 0.15) is 6.61 Å². The number of methoxy groups -OCH3 is 1. The Bertz CT molecular complexity index is 231. The SMILES string of the molecule is COCC(=O)N1CC(C)NCC1CC(C)C. The Hall–Kier alpha value is -0.610. The zero-order chi connectivity index (χ0) is 12.1. The fourth-order valence-electron chi connectivity index (χ4n) is 2.22. The predicted octanol–water partition coefficient (Wildman–Crippen LogP) is 0.868. The maximum absolute atomic E-state index is 11.9. The second-order valence-electron chi connectivity index (χ2n) is 5.07. The fourth-order valence-corrected chi connectivity index (χ4v) is 2.22. The van der Waals surface area contributed by atoms with Crippen LogP contribution in [-0.2, 0) is 9.53 Å². The number of carbonyl (C=O) groups is 1. The topological polar surface area (TPSA) is 41.6 Å². The first-order chi connectivity index (χ1) is 7.54. The van der Waals surface area contributed by atoms with Crippen molar-refractivity contribution in [2.45, 2.75) is 39.3 Å². The first kappa shape index (κ1) is 13.5. The molecular formula is C12H24N2O2. The highest BCUT2D eigenvalue weighted by molar-refractivity contribution is 5.78. The van der Waals surface area contributed by atoms with Crippen LogP contribution in [0.25, 0.3) is 0 Å². The second kappa shape index (κ2) is 6.21. The van der Waals surface area contributed by atoms with Gasteiger partial charge in [-0.2, -0.15) is 0 Å². The summed E-state index contributed by atoms with van der Waals surface area (Å²) in [4.78, 5) is 13.9. The van der Waals surface area contributed by atoms with Crippen LogP contribution in [0.1, 0.15) is 27.2 Å². The van der Waals surface area contributed by atoms with Crippen molar-refractivity contribution in [2.24, 2.45) is 5.92 Å². The number of rotatable bonds is 4. The van der Waals surface area contributed by atoms with Crippen molar-refractivity contribution in [3.63, 3.8) is 0 Å². The molecular weight excluding hydrogens is 204 g/mol. The molecule has 4 nitrogen and oxygen atoms in total. The predicted molar refractivity (Wildman–Crippen MR) is 64.3 cm³/mol. The lowest BCUT2D eigenvalue weighted by atomic mass is 9.99. The van der Waals surface area contributed by atoms with Crippen LogP contribution in [0.2, 0.25) is 0 Å². The highest BCUT2D eigenvalue weighted by atomic mass is 16.5. The molecule has 1 amide bonds. The van der Waals surface area contributed by atoms with Crippen LogP contribution in [0.5, 0.6) is 0 Å². The molecule has 1 N–H and O–H groups in total. The molecule has 2 atom stereocenters. The van der Waals surface area contributed by atoms with Gasteiger partial charge in [0.05, 0.1) is 0 Å². The van der Waals surface area contributed by atoms with Gasteiger partial charge >= 0.3 is 0 Å². The van der Waals surface area contributed by atoms with E-state index in [1.165, 1.54) is 0 Å². The molecule has 2 unspecified atom stereocenters. The third-order valence-electron chi connectivity index (χ3n) is 2.94. The lowest BCUT2D eigenvalue weighted by Gasteiger charge is -2.40. The Morgan fingerprint density at radius 1 is 1.56 bits per heavy atom. The molecule has 94 valence electrons. The Kier molecular flexibility index (Phi) is 5.22. The lowest BCUT2D eigenvalue weighted by Crippen LogP contribution is -2.58. The molecule has 1 aliphatic rings. The Morgan fingerprint density at radius 2 is 2.25 bits per heavy atom. The number of amides is 1. The zero-order valence-electron chi connectivity index (χ0n) is 10.8. The van der Waals surface area contributed by atoms with Crippen LogP contribution in [-0.4, -0.2) is 49.7 Å². The number of hydrogen-bond acceptors (Lipinski definition) is 3. The van der Waals surface area contributed by atoms with Gasteiger partial charge in [-0.1, -0.05) is 13.8 Å². The quantitative estimate of drug-likeness (QED) is 0.776. The summed E-state index contributed by atoms with van der Waals surface area (Å²) in [5.74, 6) is 0.722. The van der Waals surface area contributed by atoms with E-state index in [0.717, 1.165) is 19.5 Å². The van der Waals surface area contributed by atoms with E-state index in [0.29, 0.717) is 18.0 Å². The summed E-state index contributed by atoms with van der Waals surface area (Å²) in [7, 11) is 1.57. The average Bonchev–Trinajstić information content (AvgIpc) is 2.20. The van der Waals surface area contributed by atoms with Crippen molar-refractivity contribution < 1.29 is 9.53 Å². The number of piperazine rings is 1. The van der Waals surface area contributed by atoms with Crippen molar-refractivity contribution in [3.05, 3.63) is 0 Å². The van der Waals surface area contributed by atoms with E-state index in [4.69, 9.17) is 4.74 Å². The van der Waals surface area contributed by atoms with E-state index in [2.05, 4.69) is 26.1 Å². The summed E-state index contributed by atoms with van der Waals surface area (Å²) >= 11 is 0. The molecule has 16 heavy (non-hydrogen) atoms. The van der Waals surface area contributed by atoms with Gasteiger partial charge in [-0.05, 0) is 19.3 Å². The summed E-state index contributed by atoms with van der Waals surface area (Å²) in [5, 5.41) is 3.43. The first-order valence-electron chi connectivity index (χ1n) is 6.06. The molecule has 0 saturated carbocycles. The molecule has 0 aliphatic carbocycles. The van der Waals surface area contributed by atoms with Crippen molar-refractivity contribution in [1.29, 1.82) is 0 Å². The molecule has 1 aliphatic heterocycles. The van der Waals surface area contributed by atoms with Gasteiger partial charge in [0, 0.05) is 32.3 Å². The fraction of sp³-hybridized carbons (Fsp3) is 0.917. The number of nitrogens with one attached hydrogen (secondary N) is 1. The smallest absolute Gasteiger partial charge is 0.248 e. The molecule has 1 saturated heterocycles. The Balaban J connectivity index is 2.61. The monoisotopic (exact) mass is 228 g/mol. The van der Waals surface area contributed by atoms with Crippen molar-refractivity contribution in [1.82, 2.24) is 10.2 Å². The van der Waals surface area contributed by atoms with Crippen molar-refractivity contribution in [2.75, 3.05) is 26.8 Å². The van der Waals surface area contributed by atoms with Crippen LogP contribution >= 0.6 is 0 Å². The van der Waals surface area contributed by atoms with Crippen molar-refractivity contribution >= 4 is 5.91 Å². The molecule has 0 aromatic carbocycles. The molecule has 0 spiro atoms. The molecule has 0 bridgehead atoms. The first-order valence-corrected chi connectivity index (χ1v) is 6.06. The molecule has 0 aromatic heterocycles. The standard InChI is InChI=1S/C12H24N2O2/c1-9(2)5-11-6-13-10(3)7-14(11)12(15)8-16-4/h9-11,13H,5-8H2,1-4H3. The summed E-state index contributed by atoms with van der Waals surface area (Å²) in [6, 6.07) is 0.697. The van der Waals surface area contributed by atoms with E-state index in [9.17, 15) is 4.79 Å². The van der Waals surface area contributed by atoms with Gasteiger partial charge in [0.15, 0.2) is 0 Å². The number of hydrogen-bond donors (Lipinski definition) is 1. The normalized spacial score (nSPS) is 26.2. The number of ether oxygens (including phenoxy) is 1. The van der Waals surface area contributed by atoms with Crippen LogP contribution < -0.4 is 5.32 Å². The summed E-state index contributed by atoms with van der Waals surface area (Å²) < 4.78 is 4.93. The van der Waals surface area contributed by atoms with Gasteiger partial charge < -0.3 is 15.0 Å². The molecule has 1 heterocycles. The molecule has 0 aromatic rings. The summed E-state index contributed by atoms with van der Waals surface area (Å²) in [6.45, 7) is 8.38. The van der Waals surface area contributed by atoms with E-state index in [1.807, 2.05) is 4.90 Å². The highest BCUT2D eigenvalue weighted by Gasteiger charge is 2.29. The van der Waals surface area contributed by atoms with E-state index in [-0.39, 0.29) is 12.5 Å². The van der Waals surface area contributed by atoms with Gasteiger partial charge in [-0.25, -0.2) is 0 Å². The van der Waals surface area contributed by atoms with Crippen LogP contribution in [0, 0.1) is 5.92 Å². The lowest BCUT2D eigenvalue weighted by molar-refractivity contribution is -0.139. The summed E-state index contributed by atoms with van der Waals surface area (Å²) in [6.07, 6.45) is 1.05. The van der Waals surface area contributed by atoms with E-state index >= 15 is 0 Å². The van der Waals surface area contributed by atoms with Crippen molar-refractivity contribution in [3.8, 4) is 0 Å². The van der Waals surface area contributed by atoms with Gasteiger partial charge in [-0.15, -0.1) is 0 Å². The average molecular weight is 228 g/mol. The molecule has 1 rings (SSSR count). The largest absolute Gasteiger partial charge is 0.375 e. The van der Waals surface area contributed by atoms with Crippen LogP contribution in [0.3, 0.4) is 0 Å². The van der Waals surface area contributed by atoms with Gasteiger partial charge in [-0.3, -0.25) is 4.79 Å². The van der Waals surface area contributed by atoms with Gasteiger partial charge in [0.2, 0.25) is 5.91 Å². The maximum Gasteiger partial charge on any atom is 0.248 e. The third kappa shape index (κ3) is 3.76. The second-order valence-corrected chi connectivity index (χ2v) is 5.07. The van der Waals surface area contributed by atoms with Crippen LogP contribution in [0.4, 0.5) is 0 Å². The molecule has 4 heteroatoms. The Labute approximate surface area is 98.3 Å².